The van der Waals surface area contributed by atoms with Gasteiger partial charge >= 0.3 is 0 Å². The molecule has 0 aromatic heterocycles. The quantitative estimate of drug-likeness (QED) is 0.852. The number of amides is 1. The third kappa shape index (κ3) is 3.13. The topological polar surface area (TPSA) is 32.3 Å². The highest BCUT2D eigenvalue weighted by Crippen LogP contribution is 2.26. The van der Waals surface area contributed by atoms with Crippen LogP contribution in [0.5, 0.6) is 0 Å². The fraction of sp³-hybridized carbons (Fsp3) is 0.533. The minimum absolute atomic E-state index is 0. The summed E-state index contributed by atoms with van der Waals surface area (Å²) in [6, 6.07) is 8.60. The molecule has 3 nitrogen and oxygen atoms in total. The van der Waals surface area contributed by atoms with Crippen molar-refractivity contribution in [1.29, 1.82) is 0 Å². The molecule has 0 spiro atoms. The molecule has 2 unspecified atom stereocenters. The number of thioether (sulfide) groups is 1. The number of fused-ring (bicyclic) bond motifs is 1. The number of rotatable bonds is 2. The molecule has 5 heteroatoms. The zero-order valence-corrected chi connectivity index (χ0v) is 13.3. The first-order valence-electron chi connectivity index (χ1n) is 6.94. The number of nitrogens with zero attached hydrogens (tertiary/aromatic N) is 1. The Kier molecular flexibility index (Phi) is 5.35. The lowest BCUT2D eigenvalue weighted by atomic mass is 9.93. The third-order valence-corrected chi connectivity index (χ3v) is 5.02. The maximum atomic E-state index is 12.5. The number of benzene rings is 1. The second-order valence-electron chi connectivity index (χ2n) is 5.38. The summed E-state index contributed by atoms with van der Waals surface area (Å²) in [6.07, 6.45) is 4.36. The Labute approximate surface area is 130 Å². The van der Waals surface area contributed by atoms with Crippen molar-refractivity contribution in [2.45, 2.75) is 23.8 Å². The Bertz CT molecular complexity index is 465. The molecule has 0 bridgehead atoms. The molecule has 0 aliphatic carbocycles. The van der Waals surface area contributed by atoms with Crippen molar-refractivity contribution in [2.24, 2.45) is 5.92 Å². The number of halogens is 1. The second-order valence-corrected chi connectivity index (χ2v) is 6.26. The molecule has 1 aromatic carbocycles. The number of hydrogen-bond acceptors (Lipinski definition) is 3. The Hall–Kier alpha value is -0.710. The van der Waals surface area contributed by atoms with Crippen LogP contribution in [0.25, 0.3) is 0 Å². The summed E-state index contributed by atoms with van der Waals surface area (Å²) in [5.41, 5.74) is 0.821. The van der Waals surface area contributed by atoms with Crippen LogP contribution < -0.4 is 5.32 Å². The molecule has 0 radical (unpaired) electrons. The smallest absolute Gasteiger partial charge is 0.253 e. The number of nitrogens with one attached hydrogen (secondary N) is 1. The lowest BCUT2D eigenvalue weighted by molar-refractivity contribution is 0.0662. The average Bonchev–Trinajstić information content (AvgIpc) is 2.94. The van der Waals surface area contributed by atoms with E-state index in [-0.39, 0.29) is 18.3 Å². The molecule has 2 aliphatic heterocycles. The monoisotopic (exact) mass is 312 g/mol. The Balaban J connectivity index is 0.00000147. The molecule has 2 aliphatic rings. The summed E-state index contributed by atoms with van der Waals surface area (Å²) in [6.45, 7) is 2.91. The maximum absolute atomic E-state index is 12.5. The molecule has 1 aromatic rings. The van der Waals surface area contributed by atoms with E-state index in [1.807, 2.05) is 29.2 Å². The van der Waals surface area contributed by atoms with Gasteiger partial charge in [-0.15, -0.1) is 24.2 Å². The molecule has 2 fully saturated rings. The van der Waals surface area contributed by atoms with Gasteiger partial charge in [-0.2, -0.15) is 0 Å². The molecule has 2 saturated heterocycles. The van der Waals surface area contributed by atoms with Crippen LogP contribution >= 0.6 is 24.2 Å². The zero-order chi connectivity index (χ0) is 13.2. The van der Waals surface area contributed by atoms with E-state index < -0.39 is 0 Å². The number of carbonyl (C=O) groups excluding carboxylic acids is 1. The molecule has 0 saturated carbocycles. The highest BCUT2D eigenvalue weighted by atomic mass is 35.5. The van der Waals surface area contributed by atoms with Crippen molar-refractivity contribution >= 4 is 30.1 Å². The van der Waals surface area contributed by atoms with Crippen molar-refractivity contribution in [3.05, 3.63) is 29.8 Å². The Morgan fingerprint density at radius 1 is 1.30 bits per heavy atom. The van der Waals surface area contributed by atoms with Crippen molar-refractivity contribution in [3.8, 4) is 0 Å². The number of likely N-dealkylation sites (tertiary alicyclic amines) is 1. The summed E-state index contributed by atoms with van der Waals surface area (Å²) < 4.78 is 0. The van der Waals surface area contributed by atoms with Crippen LogP contribution in [0.4, 0.5) is 0 Å². The Morgan fingerprint density at radius 2 is 2.05 bits per heavy atom. The lowest BCUT2D eigenvalue weighted by Gasteiger charge is -2.34. The molecule has 1 N–H and O–H groups in total. The highest BCUT2D eigenvalue weighted by Gasteiger charge is 2.34. The summed E-state index contributed by atoms with van der Waals surface area (Å²) >= 11 is 1.70. The van der Waals surface area contributed by atoms with E-state index in [0.717, 1.165) is 31.6 Å². The van der Waals surface area contributed by atoms with Crippen molar-refractivity contribution < 1.29 is 4.79 Å². The van der Waals surface area contributed by atoms with Gasteiger partial charge in [-0.05, 0) is 55.8 Å². The van der Waals surface area contributed by atoms with Gasteiger partial charge in [0.2, 0.25) is 0 Å². The number of carbonyl (C=O) groups is 1. The van der Waals surface area contributed by atoms with E-state index in [9.17, 15) is 4.79 Å². The Morgan fingerprint density at radius 3 is 2.75 bits per heavy atom. The van der Waals surface area contributed by atoms with E-state index in [0.29, 0.717) is 12.0 Å². The molecule has 1 amide bonds. The fourth-order valence-corrected chi connectivity index (χ4v) is 3.56. The second kappa shape index (κ2) is 6.83. The van der Waals surface area contributed by atoms with Crippen LogP contribution in [0.1, 0.15) is 23.2 Å². The lowest BCUT2D eigenvalue weighted by Crippen LogP contribution is -2.46. The van der Waals surface area contributed by atoms with Gasteiger partial charge in [0.05, 0.1) is 0 Å². The van der Waals surface area contributed by atoms with Crippen LogP contribution in [0.3, 0.4) is 0 Å². The van der Waals surface area contributed by atoms with E-state index in [1.165, 1.54) is 11.3 Å². The van der Waals surface area contributed by atoms with Gasteiger partial charge in [-0.25, -0.2) is 0 Å². The molecular weight excluding hydrogens is 292 g/mol. The summed E-state index contributed by atoms with van der Waals surface area (Å²) in [7, 11) is 0. The van der Waals surface area contributed by atoms with Crippen molar-refractivity contribution in [1.82, 2.24) is 10.2 Å². The number of hydrogen-bond donors (Lipinski definition) is 1. The number of piperidine rings is 1. The third-order valence-electron chi connectivity index (χ3n) is 4.28. The minimum atomic E-state index is 0. The van der Waals surface area contributed by atoms with Crippen LogP contribution in [0, 0.1) is 5.92 Å². The predicted octanol–water partition coefficient (Wildman–Crippen LogP) is 2.65. The van der Waals surface area contributed by atoms with Crippen LogP contribution in [-0.4, -0.2) is 42.7 Å². The van der Waals surface area contributed by atoms with Crippen molar-refractivity contribution in [3.63, 3.8) is 0 Å². The molecule has 110 valence electrons. The van der Waals surface area contributed by atoms with Gasteiger partial charge in [-0.1, -0.05) is 0 Å². The molecule has 2 heterocycles. The molecular formula is C15H21ClN2OS. The van der Waals surface area contributed by atoms with E-state index >= 15 is 0 Å². The summed E-state index contributed by atoms with van der Waals surface area (Å²) in [5.74, 6) is 0.848. The molecule has 3 rings (SSSR count). The minimum Gasteiger partial charge on any atom is -0.338 e. The first-order valence-corrected chi connectivity index (χ1v) is 8.17. The summed E-state index contributed by atoms with van der Waals surface area (Å²) in [5, 5.41) is 3.53. The van der Waals surface area contributed by atoms with E-state index in [1.54, 1.807) is 11.8 Å². The molecule has 20 heavy (non-hydrogen) atoms. The van der Waals surface area contributed by atoms with Crippen LogP contribution in [0.15, 0.2) is 29.2 Å². The first-order chi connectivity index (χ1) is 9.28. The van der Waals surface area contributed by atoms with Gasteiger partial charge in [0.1, 0.15) is 0 Å². The van der Waals surface area contributed by atoms with Crippen molar-refractivity contribution in [2.75, 3.05) is 25.9 Å². The SMILES string of the molecule is CSc1ccc(C(=O)N2CCC3NCCC3C2)cc1.Cl. The highest BCUT2D eigenvalue weighted by molar-refractivity contribution is 7.98. The van der Waals surface area contributed by atoms with Crippen LogP contribution in [0.2, 0.25) is 0 Å². The van der Waals surface area contributed by atoms with Gasteiger partial charge in [0, 0.05) is 29.6 Å². The predicted molar refractivity (Wildman–Crippen MR) is 85.9 cm³/mol. The summed E-state index contributed by atoms with van der Waals surface area (Å²) in [4.78, 5) is 15.7. The van der Waals surface area contributed by atoms with Gasteiger partial charge in [-0.3, -0.25) is 4.79 Å². The zero-order valence-electron chi connectivity index (χ0n) is 11.7. The van der Waals surface area contributed by atoms with Crippen LogP contribution in [-0.2, 0) is 0 Å². The first kappa shape index (κ1) is 15.7. The normalized spacial score (nSPS) is 24.9. The van der Waals surface area contributed by atoms with Gasteiger partial charge in [0.25, 0.3) is 5.91 Å². The standard InChI is InChI=1S/C15H20N2OS.ClH/c1-19-13-4-2-11(3-5-13)15(18)17-9-7-14-12(10-17)6-8-16-14;/h2-5,12,14,16H,6-10H2,1H3;1H. The van der Waals surface area contributed by atoms with E-state index in [2.05, 4.69) is 11.6 Å². The van der Waals surface area contributed by atoms with Gasteiger partial charge in [0.15, 0.2) is 0 Å². The maximum Gasteiger partial charge on any atom is 0.253 e. The fourth-order valence-electron chi connectivity index (χ4n) is 3.15. The average molecular weight is 313 g/mol. The largest absolute Gasteiger partial charge is 0.338 e. The van der Waals surface area contributed by atoms with Gasteiger partial charge < -0.3 is 10.2 Å². The molecule has 2 atom stereocenters. The van der Waals surface area contributed by atoms with E-state index in [4.69, 9.17) is 0 Å².